The molecule has 3 saturated heterocycles. The summed E-state index contributed by atoms with van der Waals surface area (Å²) in [6, 6.07) is 28.5. The highest BCUT2D eigenvalue weighted by molar-refractivity contribution is 6.30. The van der Waals surface area contributed by atoms with Gasteiger partial charge < -0.3 is 57.0 Å². The van der Waals surface area contributed by atoms with E-state index < -0.39 is 83.6 Å². The van der Waals surface area contributed by atoms with Crippen LogP contribution in [0.15, 0.2) is 134 Å². The van der Waals surface area contributed by atoms with Crippen molar-refractivity contribution in [2.75, 3.05) is 32.7 Å². The molecule has 3 aliphatic rings. The molecule has 5 heterocycles. The molecule has 82 heavy (non-hydrogen) atoms. The summed E-state index contributed by atoms with van der Waals surface area (Å²) < 4.78 is 11.8. The number of fused-ring (bicyclic) bond motifs is 2. The zero-order valence-corrected chi connectivity index (χ0v) is 46.4. The van der Waals surface area contributed by atoms with E-state index in [-0.39, 0.29) is 70.7 Å². The van der Waals surface area contributed by atoms with E-state index >= 15 is 28.8 Å². The zero-order chi connectivity index (χ0) is 57.4. The quantitative estimate of drug-likeness (QED) is 0.0598. The first-order valence-corrected chi connectivity index (χ1v) is 28.6. The van der Waals surface area contributed by atoms with Gasteiger partial charge in [-0.3, -0.25) is 33.8 Å². The molecule has 7 atom stereocenters. The van der Waals surface area contributed by atoms with Crippen molar-refractivity contribution in [1.82, 2.24) is 46.8 Å². The van der Waals surface area contributed by atoms with Gasteiger partial charge in [0, 0.05) is 85.6 Å². The lowest BCUT2D eigenvalue weighted by Crippen LogP contribution is -2.60. The molecule has 9 rings (SSSR count). The lowest BCUT2D eigenvalue weighted by Gasteiger charge is -2.32. The predicted molar refractivity (Wildman–Crippen MR) is 309 cm³/mol. The minimum Gasteiger partial charge on any atom is -0.489 e. The number of ether oxygens (including phenoxy) is 2. The lowest BCUT2D eigenvalue weighted by atomic mass is 9.83. The number of H-pyrrole nitrogens is 1. The fraction of sp³-hybridized carbons (Fsp3) is 0.387. The molecule has 0 unspecified atom stereocenters. The Labute approximate surface area is 481 Å². The van der Waals surface area contributed by atoms with Crippen LogP contribution in [0.4, 0.5) is 4.79 Å². The summed E-state index contributed by atoms with van der Waals surface area (Å²) in [4.78, 5) is 113. The van der Waals surface area contributed by atoms with Crippen molar-refractivity contribution in [2.45, 2.75) is 107 Å². The van der Waals surface area contributed by atoms with Gasteiger partial charge in [-0.2, -0.15) is 0 Å². The van der Waals surface area contributed by atoms with Crippen LogP contribution < -0.4 is 42.4 Å². The number of amides is 6. The molecule has 3 fully saturated rings. The number of hydrogen-bond donors (Lipinski definition) is 8. The van der Waals surface area contributed by atoms with E-state index in [2.05, 4.69) is 41.9 Å². The monoisotopic (exact) mass is 1130 g/mol. The summed E-state index contributed by atoms with van der Waals surface area (Å²) in [5.74, 6) is -4.02. The van der Waals surface area contributed by atoms with Crippen LogP contribution in [-0.4, -0.2) is 125 Å². The van der Waals surface area contributed by atoms with Gasteiger partial charge in [0.15, 0.2) is 5.78 Å². The molecule has 0 radical (unpaired) electrons. The number of para-hydroxylation sites is 1. The second kappa shape index (κ2) is 28.5. The van der Waals surface area contributed by atoms with Crippen LogP contribution in [0, 0.1) is 11.8 Å². The van der Waals surface area contributed by atoms with Crippen LogP contribution in [0.1, 0.15) is 66.3 Å². The van der Waals surface area contributed by atoms with Gasteiger partial charge in [0.05, 0.1) is 12.6 Å². The van der Waals surface area contributed by atoms with Gasteiger partial charge in [-0.25, -0.2) is 4.79 Å². The van der Waals surface area contributed by atoms with Crippen LogP contribution in [0.25, 0.3) is 10.9 Å². The highest BCUT2D eigenvalue weighted by Crippen LogP contribution is 2.28. The fourth-order valence-corrected chi connectivity index (χ4v) is 11.2. The first-order valence-electron chi connectivity index (χ1n) is 28.2. The number of nitrogens with zero attached hydrogens (tertiary/aromatic N) is 2. The van der Waals surface area contributed by atoms with Gasteiger partial charge in [0.25, 0.3) is 0 Å². The van der Waals surface area contributed by atoms with E-state index in [4.69, 9.17) is 26.8 Å². The maximum atomic E-state index is 15.4. The number of nitrogens with one attached hydrogen (secondary N) is 7. The molecule has 6 aromatic rings. The number of aryl methyl sites for hydroxylation is 1. The van der Waals surface area contributed by atoms with E-state index in [1.165, 1.54) is 4.90 Å². The van der Waals surface area contributed by atoms with Gasteiger partial charge in [0.2, 0.25) is 29.5 Å². The lowest BCUT2D eigenvalue weighted by molar-refractivity contribution is -0.143. The Morgan fingerprint density at radius 1 is 0.707 bits per heavy atom. The Morgan fingerprint density at radius 3 is 2.15 bits per heavy atom. The smallest absolute Gasteiger partial charge is 0.407 e. The van der Waals surface area contributed by atoms with Crippen LogP contribution in [-0.2, 0) is 65.8 Å². The number of pyridine rings is 1. The molecule has 4 aromatic carbocycles. The molecule has 0 bridgehead atoms. The Bertz CT molecular complexity index is 3140. The number of nitrogens with two attached hydrogens (primary N) is 1. The summed E-state index contributed by atoms with van der Waals surface area (Å²) >= 11 is 6.10. The van der Waals surface area contributed by atoms with Crippen LogP contribution in [0.5, 0.6) is 5.75 Å². The summed E-state index contributed by atoms with van der Waals surface area (Å²) in [5.41, 5.74) is 10.3. The van der Waals surface area contributed by atoms with E-state index in [9.17, 15) is 4.79 Å². The van der Waals surface area contributed by atoms with Crippen molar-refractivity contribution in [3.8, 4) is 5.75 Å². The molecule has 19 nitrogen and oxygen atoms in total. The average molecular weight is 1140 g/mol. The number of carbonyl (C=O) groups excluding carboxylic acids is 7. The number of hydrogen-bond acceptors (Lipinski definition) is 12. The largest absolute Gasteiger partial charge is 0.489 e. The molecular weight excluding hydrogens is 1060 g/mol. The zero-order valence-electron chi connectivity index (χ0n) is 45.7. The molecule has 0 saturated carbocycles. The Hall–Kier alpha value is -8.13. The first-order chi connectivity index (χ1) is 39.8. The highest BCUT2D eigenvalue weighted by atomic mass is 35.5. The second-order valence-electron chi connectivity index (χ2n) is 21.4. The molecule has 9 N–H and O–H groups in total. The molecule has 430 valence electrons. The Balaban J connectivity index is 1.10. The van der Waals surface area contributed by atoms with Crippen molar-refractivity contribution < 1.29 is 43.0 Å². The summed E-state index contributed by atoms with van der Waals surface area (Å²) in [7, 11) is 0. The van der Waals surface area contributed by atoms with Crippen LogP contribution >= 0.6 is 11.6 Å². The molecule has 0 spiro atoms. The van der Waals surface area contributed by atoms with Gasteiger partial charge in [0.1, 0.15) is 42.6 Å². The van der Waals surface area contributed by atoms with Crippen molar-refractivity contribution in [3.05, 3.63) is 167 Å². The van der Waals surface area contributed by atoms with E-state index in [0.717, 1.165) is 53.5 Å². The maximum Gasteiger partial charge on any atom is 0.407 e. The number of rotatable bonds is 17. The number of benzene rings is 4. The van der Waals surface area contributed by atoms with Crippen molar-refractivity contribution in [3.63, 3.8) is 0 Å². The van der Waals surface area contributed by atoms with E-state index in [1.807, 2.05) is 66.7 Å². The number of halogens is 1. The van der Waals surface area contributed by atoms with Crippen molar-refractivity contribution in [2.24, 2.45) is 17.6 Å². The molecular formula is C62H71ClN10O9. The predicted octanol–water partition coefficient (Wildman–Crippen LogP) is 5.03. The second-order valence-corrected chi connectivity index (χ2v) is 21.9. The minimum absolute atomic E-state index is 0.0386. The van der Waals surface area contributed by atoms with Crippen LogP contribution in [0.2, 0.25) is 5.02 Å². The minimum atomic E-state index is -1.35. The number of ketones is 1. The van der Waals surface area contributed by atoms with E-state index in [0.29, 0.717) is 34.7 Å². The Morgan fingerprint density at radius 2 is 1.39 bits per heavy atom. The molecule has 0 aliphatic carbocycles. The van der Waals surface area contributed by atoms with E-state index in [1.54, 1.807) is 67.1 Å². The SMILES string of the molecule is NCCNC(=O)O[C@@H]1C[C@H]2C(=O)N[C@@H](CCc3ccccc3)C(=O)N[C@H](Cc3c[nH]c4ccccc34)C(=O)C[C@@H](CC3CCNCC3)C(=O)N[C@@H](Cc3ccc(OCc4ccc(Cl)cc4)cc3)C(=O)N[C@@H](Cc3cccnc3)C(=O)N2C1. The summed E-state index contributed by atoms with van der Waals surface area (Å²) in [6.45, 7) is 1.72. The number of Topliss-reactive ketones (excluding diaryl/α,β-unsaturated/α-hetero) is 1. The first kappa shape index (κ1) is 58.5. The number of piperidine rings is 1. The third-order valence-electron chi connectivity index (χ3n) is 15.5. The number of aromatic amines is 1. The third kappa shape index (κ3) is 16.1. The fourth-order valence-electron chi connectivity index (χ4n) is 11.1. The maximum absolute atomic E-state index is 15.4. The third-order valence-corrected chi connectivity index (χ3v) is 15.8. The highest BCUT2D eigenvalue weighted by Gasteiger charge is 2.45. The molecule has 2 aromatic heterocycles. The summed E-state index contributed by atoms with van der Waals surface area (Å²) in [5, 5.41) is 19.4. The van der Waals surface area contributed by atoms with Crippen molar-refractivity contribution >= 4 is 63.9 Å². The summed E-state index contributed by atoms with van der Waals surface area (Å²) in [6.07, 6.45) is 4.89. The molecule has 6 amide bonds. The van der Waals surface area contributed by atoms with Crippen LogP contribution in [0.3, 0.4) is 0 Å². The number of alkyl carbamates (subject to hydrolysis) is 1. The number of carbonyl (C=O) groups is 7. The average Bonchev–Trinajstić information content (AvgIpc) is 4.32. The van der Waals surface area contributed by atoms with Gasteiger partial charge in [-0.15, -0.1) is 0 Å². The van der Waals surface area contributed by atoms with Crippen molar-refractivity contribution in [1.29, 1.82) is 0 Å². The molecule has 3 aliphatic heterocycles. The van der Waals surface area contributed by atoms with Gasteiger partial charge in [-0.05, 0) is 115 Å². The Kier molecular flexibility index (Phi) is 20.4. The topological polar surface area (TPSA) is 268 Å². The molecule has 20 heteroatoms. The van der Waals surface area contributed by atoms with Gasteiger partial charge >= 0.3 is 6.09 Å². The standard InChI is InChI=1S/C62H71ClN10O9/c63-46-17-12-42(13-18-46)38-81-47-19-14-40(15-20-47)30-53-59(77)72-54(31-43-9-6-25-66-35-43)61(79)73-37-48(82-62(80)67-28-24-64)34-55(73)60(78)69-51(21-16-39-7-2-1-3-8-39)58(76)70-52(32-45-36-68-50-11-5-4-10-49(45)50)56(74)33-44(57(75)71-53)29-41-22-26-65-27-23-41/h1-15,17-20,25,35-36,41,44,48,51-55,65,68H,16,21-24,26-34,37-38,64H2,(H,67,80)(H,69,78)(H,70,76)(H,71,75)(H,72,77)/t44-,48-,51+,52-,53+,54+,55+/m1/s1. The van der Waals surface area contributed by atoms with Gasteiger partial charge in [-0.1, -0.05) is 90.5 Å². The normalized spacial score (nSPS) is 22.5. The number of aromatic nitrogens is 2.